The summed E-state index contributed by atoms with van der Waals surface area (Å²) in [6.45, 7) is 0.890. The summed E-state index contributed by atoms with van der Waals surface area (Å²) in [5.41, 5.74) is 2.27. The molecule has 0 bridgehead atoms. The number of aromatic nitrogens is 1. The minimum absolute atomic E-state index is 0.714. The molecule has 3 nitrogen and oxygen atoms in total. The lowest BCUT2D eigenvalue weighted by molar-refractivity contribution is 0.415. The number of methoxy groups -OCH3 is 1. The third kappa shape index (κ3) is 3.61. The molecule has 0 aliphatic rings. The Morgan fingerprint density at radius 2 is 1.95 bits per heavy atom. The monoisotopic (exact) mass is 276 g/mol. The Labute approximate surface area is 118 Å². The number of hydrogen-bond donors (Lipinski definition) is 0. The van der Waals surface area contributed by atoms with Gasteiger partial charge in [-0.1, -0.05) is 11.6 Å². The zero-order valence-corrected chi connectivity index (χ0v) is 11.9. The molecular formula is C15H17ClN2O. The number of rotatable bonds is 5. The number of hydrogen-bond acceptors (Lipinski definition) is 3. The summed E-state index contributed by atoms with van der Waals surface area (Å²) in [6, 6.07) is 9.71. The van der Waals surface area contributed by atoms with Crippen molar-refractivity contribution in [2.75, 3.05) is 25.6 Å². The van der Waals surface area contributed by atoms with Gasteiger partial charge in [-0.2, -0.15) is 0 Å². The topological polar surface area (TPSA) is 25.4 Å². The maximum absolute atomic E-state index is 6.04. The van der Waals surface area contributed by atoms with Gasteiger partial charge in [0.25, 0.3) is 0 Å². The smallest absolute Gasteiger partial charge is 0.142 e. The molecule has 100 valence electrons. The first-order valence-electron chi connectivity index (χ1n) is 6.14. The van der Waals surface area contributed by atoms with E-state index in [0.717, 1.165) is 24.4 Å². The molecule has 0 N–H and O–H groups in total. The Morgan fingerprint density at radius 3 is 2.63 bits per heavy atom. The van der Waals surface area contributed by atoms with Crippen LogP contribution >= 0.6 is 11.6 Å². The van der Waals surface area contributed by atoms with Gasteiger partial charge in [0.15, 0.2) is 0 Å². The van der Waals surface area contributed by atoms with Crippen molar-refractivity contribution in [1.29, 1.82) is 0 Å². The average molecular weight is 277 g/mol. The summed E-state index contributed by atoms with van der Waals surface area (Å²) in [5.74, 6) is 0.835. The molecule has 1 heterocycles. The summed E-state index contributed by atoms with van der Waals surface area (Å²) in [7, 11) is 3.71. The SMILES string of the molecule is COc1ccc(Cl)cc1N(C)CCc1ccncc1. The van der Waals surface area contributed by atoms with Crippen LogP contribution in [-0.4, -0.2) is 25.7 Å². The van der Waals surface area contributed by atoms with Crippen molar-refractivity contribution in [3.05, 3.63) is 53.3 Å². The Bertz CT molecular complexity index is 531. The summed E-state index contributed by atoms with van der Waals surface area (Å²) < 4.78 is 5.36. The van der Waals surface area contributed by atoms with Gasteiger partial charge in [-0.3, -0.25) is 4.98 Å². The van der Waals surface area contributed by atoms with Crippen LogP contribution in [0.3, 0.4) is 0 Å². The van der Waals surface area contributed by atoms with Crippen molar-refractivity contribution in [2.45, 2.75) is 6.42 Å². The zero-order valence-electron chi connectivity index (χ0n) is 11.1. The second-order valence-electron chi connectivity index (χ2n) is 4.34. The van der Waals surface area contributed by atoms with Gasteiger partial charge in [0.1, 0.15) is 5.75 Å². The largest absolute Gasteiger partial charge is 0.495 e. The molecule has 0 saturated carbocycles. The summed E-state index contributed by atoms with van der Waals surface area (Å²) in [5, 5.41) is 0.714. The van der Waals surface area contributed by atoms with Crippen molar-refractivity contribution < 1.29 is 4.74 Å². The van der Waals surface area contributed by atoms with Gasteiger partial charge < -0.3 is 9.64 Å². The van der Waals surface area contributed by atoms with Crippen LogP contribution in [0.2, 0.25) is 5.02 Å². The minimum Gasteiger partial charge on any atom is -0.495 e. The molecule has 2 aromatic rings. The van der Waals surface area contributed by atoms with E-state index in [2.05, 4.69) is 9.88 Å². The Kier molecular flexibility index (Phi) is 4.63. The summed E-state index contributed by atoms with van der Waals surface area (Å²) >= 11 is 6.04. The van der Waals surface area contributed by atoms with Gasteiger partial charge in [0.05, 0.1) is 12.8 Å². The van der Waals surface area contributed by atoms with Crippen LogP contribution in [0.4, 0.5) is 5.69 Å². The van der Waals surface area contributed by atoms with Crippen molar-refractivity contribution in [3.63, 3.8) is 0 Å². The maximum atomic E-state index is 6.04. The molecule has 1 aromatic carbocycles. The molecule has 0 aliphatic heterocycles. The van der Waals surface area contributed by atoms with Gasteiger partial charge in [-0.25, -0.2) is 0 Å². The molecule has 0 atom stereocenters. The molecule has 0 aliphatic carbocycles. The third-order valence-electron chi connectivity index (χ3n) is 3.04. The van der Waals surface area contributed by atoms with E-state index in [-0.39, 0.29) is 0 Å². The number of halogens is 1. The first-order chi connectivity index (χ1) is 9.20. The molecule has 1 aromatic heterocycles. The highest BCUT2D eigenvalue weighted by molar-refractivity contribution is 6.30. The lowest BCUT2D eigenvalue weighted by Gasteiger charge is -2.22. The molecule has 4 heteroatoms. The number of ether oxygens (including phenoxy) is 1. The van der Waals surface area contributed by atoms with Gasteiger partial charge in [-0.05, 0) is 42.3 Å². The predicted molar refractivity (Wildman–Crippen MR) is 79.2 cm³/mol. The van der Waals surface area contributed by atoms with Crippen molar-refractivity contribution in [3.8, 4) is 5.75 Å². The fourth-order valence-electron chi connectivity index (χ4n) is 1.93. The molecule has 0 fully saturated rings. The fourth-order valence-corrected chi connectivity index (χ4v) is 2.09. The van der Waals surface area contributed by atoms with Crippen LogP contribution in [0.25, 0.3) is 0 Å². The van der Waals surface area contributed by atoms with Crippen molar-refractivity contribution >= 4 is 17.3 Å². The van der Waals surface area contributed by atoms with Gasteiger partial charge in [0.2, 0.25) is 0 Å². The first-order valence-corrected chi connectivity index (χ1v) is 6.52. The van der Waals surface area contributed by atoms with Gasteiger partial charge >= 0.3 is 0 Å². The van der Waals surface area contributed by atoms with Gasteiger partial charge in [0, 0.05) is 31.0 Å². The third-order valence-corrected chi connectivity index (χ3v) is 3.27. The lowest BCUT2D eigenvalue weighted by Crippen LogP contribution is -2.20. The standard InChI is InChI=1S/C15H17ClN2O/c1-18(10-7-12-5-8-17-9-6-12)14-11-13(16)3-4-15(14)19-2/h3-6,8-9,11H,7,10H2,1-2H3. The Balaban J connectivity index is 2.07. The van der Waals surface area contributed by atoms with E-state index in [4.69, 9.17) is 16.3 Å². The fraction of sp³-hybridized carbons (Fsp3) is 0.267. The normalized spacial score (nSPS) is 10.3. The zero-order chi connectivity index (χ0) is 13.7. The summed E-state index contributed by atoms with van der Waals surface area (Å²) in [6.07, 6.45) is 4.58. The number of anilines is 1. The number of nitrogens with zero attached hydrogens (tertiary/aromatic N) is 2. The highest BCUT2D eigenvalue weighted by atomic mass is 35.5. The molecular weight excluding hydrogens is 260 g/mol. The van der Waals surface area contributed by atoms with Crippen LogP contribution in [0.1, 0.15) is 5.56 Å². The number of benzene rings is 1. The second kappa shape index (κ2) is 6.43. The van der Waals surface area contributed by atoms with E-state index in [9.17, 15) is 0 Å². The van der Waals surface area contributed by atoms with E-state index in [1.54, 1.807) is 7.11 Å². The quantitative estimate of drug-likeness (QED) is 0.837. The molecule has 2 rings (SSSR count). The van der Waals surface area contributed by atoms with E-state index in [0.29, 0.717) is 5.02 Å². The highest BCUT2D eigenvalue weighted by Gasteiger charge is 2.08. The van der Waals surface area contributed by atoms with Crippen LogP contribution in [-0.2, 0) is 6.42 Å². The van der Waals surface area contributed by atoms with Crippen LogP contribution in [0, 0.1) is 0 Å². The predicted octanol–water partition coefficient (Wildman–Crippen LogP) is 3.42. The first kappa shape index (κ1) is 13.7. The Hall–Kier alpha value is -1.74. The van der Waals surface area contributed by atoms with E-state index < -0.39 is 0 Å². The summed E-state index contributed by atoms with van der Waals surface area (Å²) in [4.78, 5) is 6.16. The molecule has 0 unspecified atom stereocenters. The second-order valence-corrected chi connectivity index (χ2v) is 4.78. The molecule has 0 saturated heterocycles. The molecule has 0 amide bonds. The van der Waals surface area contributed by atoms with E-state index >= 15 is 0 Å². The van der Waals surface area contributed by atoms with E-state index in [1.165, 1.54) is 5.56 Å². The lowest BCUT2D eigenvalue weighted by atomic mass is 10.2. The van der Waals surface area contributed by atoms with Gasteiger partial charge in [-0.15, -0.1) is 0 Å². The number of pyridine rings is 1. The molecule has 19 heavy (non-hydrogen) atoms. The minimum atomic E-state index is 0.714. The number of likely N-dealkylation sites (N-methyl/N-ethyl adjacent to an activating group) is 1. The Morgan fingerprint density at radius 1 is 1.21 bits per heavy atom. The van der Waals surface area contributed by atoms with E-state index in [1.807, 2.05) is 49.8 Å². The van der Waals surface area contributed by atoms with Crippen molar-refractivity contribution in [2.24, 2.45) is 0 Å². The van der Waals surface area contributed by atoms with Crippen LogP contribution in [0.15, 0.2) is 42.7 Å². The van der Waals surface area contributed by atoms with Crippen molar-refractivity contribution in [1.82, 2.24) is 4.98 Å². The van der Waals surface area contributed by atoms with Crippen LogP contribution in [0.5, 0.6) is 5.75 Å². The highest BCUT2D eigenvalue weighted by Crippen LogP contribution is 2.30. The molecule has 0 spiro atoms. The maximum Gasteiger partial charge on any atom is 0.142 e. The molecule has 0 radical (unpaired) electrons. The average Bonchev–Trinajstić information content (AvgIpc) is 2.46. The van der Waals surface area contributed by atoms with Crippen LogP contribution < -0.4 is 9.64 Å².